The van der Waals surface area contributed by atoms with Gasteiger partial charge in [-0.05, 0) is 31.0 Å². The smallest absolute Gasteiger partial charge is 0.223 e. The molecule has 0 radical (unpaired) electrons. The zero-order valence-electron chi connectivity index (χ0n) is 15.0. The van der Waals surface area contributed by atoms with E-state index in [-0.39, 0.29) is 18.9 Å². The van der Waals surface area contributed by atoms with Crippen molar-refractivity contribution in [1.82, 2.24) is 4.90 Å². The number of benzene rings is 1. The van der Waals surface area contributed by atoms with Crippen LogP contribution in [0.1, 0.15) is 45.1 Å². The molecular formula is C19H26NO5-. The van der Waals surface area contributed by atoms with Gasteiger partial charge in [0.15, 0.2) is 11.5 Å². The van der Waals surface area contributed by atoms with Crippen LogP contribution in [0.15, 0.2) is 18.2 Å². The Morgan fingerprint density at radius 2 is 2.04 bits per heavy atom. The highest BCUT2D eigenvalue weighted by Gasteiger charge is 2.30. The summed E-state index contributed by atoms with van der Waals surface area (Å²) in [5.74, 6) is -0.699. The van der Waals surface area contributed by atoms with Gasteiger partial charge < -0.3 is 24.3 Å². The lowest BCUT2D eigenvalue weighted by molar-refractivity contribution is -0.311. The summed E-state index contributed by atoms with van der Waals surface area (Å²) >= 11 is 0. The average molecular weight is 348 g/mol. The number of hydrogen-bond donors (Lipinski definition) is 0. The molecule has 1 saturated heterocycles. The average Bonchev–Trinajstić information content (AvgIpc) is 2.95. The standard InChI is InChI=1S/C19H27NO5/c1-3-5-6-9-25-16-8-7-14(10-17(16)24-4-2)12-20-13-15(19(22)23)11-18(20)21/h7-8,10,15H,3-6,9,11-13H2,1-2H3,(H,22,23)/p-1/t15-/m0/s1. The second-order valence-electron chi connectivity index (χ2n) is 6.26. The zero-order chi connectivity index (χ0) is 18.2. The van der Waals surface area contributed by atoms with Crippen LogP contribution in [0.5, 0.6) is 11.5 Å². The number of unbranched alkanes of at least 4 members (excludes halogenated alkanes) is 2. The zero-order valence-corrected chi connectivity index (χ0v) is 15.0. The first-order chi connectivity index (χ1) is 12.0. The number of hydrogen-bond acceptors (Lipinski definition) is 5. The van der Waals surface area contributed by atoms with Crippen molar-refractivity contribution in [2.45, 2.75) is 46.1 Å². The molecule has 0 aliphatic carbocycles. The second-order valence-corrected chi connectivity index (χ2v) is 6.26. The molecule has 1 aliphatic rings. The summed E-state index contributed by atoms with van der Waals surface area (Å²) in [7, 11) is 0. The van der Waals surface area contributed by atoms with Crippen LogP contribution in [0.2, 0.25) is 0 Å². The maximum absolute atomic E-state index is 12.0. The quantitative estimate of drug-likeness (QED) is 0.602. The molecule has 0 spiro atoms. The van der Waals surface area contributed by atoms with Crippen molar-refractivity contribution in [3.63, 3.8) is 0 Å². The summed E-state index contributed by atoms with van der Waals surface area (Å²) in [6, 6.07) is 5.60. The Labute approximate surface area is 148 Å². The Hall–Kier alpha value is -2.24. The first-order valence-electron chi connectivity index (χ1n) is 8.92. The monoisotopic (exact) mass is 348 g/mol. The molecule has 25 heavy (non-hydrogen) atoms. The van der Waals surface area contributed by atoms with E-state index < -0.39 is 11.9 Å². The van der Waals surface area contributed by atoms with Crippen LogP contribution in [0, 0.1) is 5.92 Å². The van der Waals surface area contributed by atoms with Gasteiger partial charge in [-0.15, -0.1) is 0 Å². The summed E-state index contributed by atoms with van der Waals surface area (Å²) in [5.41, 5.74) is 0.886. The highest BCUT2D eigenvalue weighted by atomic mass is 16.5. The van der Waals surface area contributed by atoms with E-state index in [1.54, 1.807) is 4.90 Å². The first kappa shape index (κ1) is 19.1. The van der Waals surface area contributed by atoms with E-state index in [9.17, 15) is 14.7 Å². The highest BCUT2D eigenvalue weighted by molar-refractivity contribution is 5.85. The van der Waals surface area contributed by atoms with Gasteiger partial charge in [-0.3, -0.25) is 4.79 Å². The van der Waals surface area contributed by atoms with Gasteiger partial charge in [0.2, 0.25) is 5.91 Å². The van der Waals surface area contributed by atoms with Gasteiger partial charge in [-0.25, -0.2) is 0 Å². The van der Waals surface area contributed by atoms with Gasteiger partial charge >= 0.3 is 0 Å². The largest absolute Gasteiger partial charge is 0.550 e. The van der Waals surface area contributed by atoms with Crippen molar-refractivity contribution >= 4 is 11.9 Å². The Balaban J connectivity index is 2.02. The van der Waals surface area contributed by atoms with Crippen molar-refractivity contribution in [1.29, 1.82) is 0 Å². The maximum Gasteiger partial charge on any atom is 0.223 e. The molecule has 0 aromatic heterocycles. The minimum absolute atomic E-state index is 0.0132. The Bertz CT molecular complexity index is 601. The van der Waals surface area contributed by atoms with E-state index in [1.165, 1.54) is 0 Å². The van der Waals surface area contributed by atoms with Crippen LogP contribution >= 0.6 is 0 Å². The van der Waals surface area contributed by atoms with Crippen LogP contribution in [0.25, 0.3) is 0 Å². The molecule has 1 heterocycles. The second kappa shape index (κ2) is 9.30. The summed E-state index contributed by atoms with van der Waals surface area (Å²) in [6.07, 6.45) is 3.27. The van der Waals surface area contributed by atoms with E-state index in [2.05, 4.69) is 6.92 Å². The lowest BCUT2D eigenvalue weighted by Gasteiger charge is -2.19. The number of nitrogens with zero attached hydrogens (tertiary/aromatic N) is 1. The highest BCUT2D eigenvalue weighted by Crippen LogP contribution is 2.30. The molecule has 0 N–H and O–H groups in total. The fraction of sp³-hybridized carbons (Fsp3) is 0.579. The predicted octanol–water partition coefficient (Wildman–Crippen LogP) is 1.75. The fourth-order valence-electron chi connectivity index (χ4n) is 2.88. The summed E-state index contributed by atoms with van der Waals surface area (Å²) < 4.78 is 11.4. The third-order valence-corrected chi connectivity index (χ3v) is 4.23. The van der Waals surface area contributed by atoms with E-state index in [0.717, 1.165) is 24.8 Å². The molecule has 1 atom stereocenters. The lowest BCUT2D eigenvalue weighted by Crippen LogP contribution is -2.33. The van der Waals surface area contributed by atoms with E-state index in [0.29, 0.717) is 31.3 Å². The molecule has 1 aromatic carbocycles. The Kier molecular flexibility index (Phi) is 7.10. The molecule has 6 nitrogen and oxygen atoms in total. The molecular weight excluding hydrogens is 322 g/mol. The minimum Gasteiger partial charge on any atom is -0.550 e. The molecule has 0 bridgehead atoms. The third-order valence-electron chi connectivity index (χ3n) is 4.23. The van der Waals surface area contributed by atoms with Gasteiger partial charge in [0.1, 0.15) is 0 Å². The number of carbonyl (C=O) groups is 2. The molecule has 1 aliphatic heterocycles. The summed E-state index contributed by atoms with van der Waals surface area (Å²) in [4.78, 5) is 24.5. The van der Waals surface area contributed by atoms with Crippen LogP contribution in [-0.2, 0) is 16.1 Å². The number of ether oxygens (including phenoxy) is 2. The molecule has 1 fully saturated rings. The number of rotatable bonds is 10. The van der Waals surface area contributed by atoms with Crippen LogP contribution in [-0.4, -0.2) is 36.5 Å². The molecule has 138 valence electrons. The SMILES string of the molecule is CCCCCOc1ccc(CN2C[C@@H](C(=O)[O-])CC2=O)cc1OCC. The van der Waals surface area contributed by atoms with Gasteiger partial charge in [0, 0.05) is 31.4 Å². The molecule has 1 amide bonds. The van der Waals surface area contributed by atoms with E-state index in [1.807, 2.05) is 25.1 Å². The van der Waals surface area contributed by atoms with Crippen LogP contribution in [0.4, 0.5) is 0 Å². The van der Waals surface area contributed by atoms with Crippen molar-refractivity contribution in [2.75, 3.05) is 19.8 Å². The summed E-state index contributed by atoms with van der Waals surface area (Å²) in [6.45, 7) is 5.77. The maximum atomic E-state index is 12.0. The number of likely N-dealkylation sites (tertiary alicyclic amines) is 1. The molecule has 1 aromatic rings. The molecule has 0 unspecified atom stereocenters. The van der Waals surface area contributed by atoms with E-state index >= 15 is 0 Å². The number of amides is 1. The van der Waals surface area contributed by atoms with Crippen molar-refractivity contribution < 1.29 is 24.2 Å². The van der Waals surface area contributed by atoms with Crippen LogP contribution in [0.3, 0.4) is 0 Å². The van der Waals surface area contributed by atoms with Gasteiger partial charge in [0.25, 0.3) is 0 Å². The number of aliphatic carboxylic acids is 1. The topological polar surface area (TPSA) is 78.9 Å². The van der Waals surface area contributed by atoms with Gasteiger partial charge in [0.05, 0.1) is 13.2 Å². The van der Waals surface area contributed by atoms with Crippen molar-refractivity contribution in [2.24, 2.45) is 5.92 Å². The number of carbonyl (C=O) groups excluding carboxylic acids is 2. The Morgan fingerprint density at radius 3 is 2.68 bits per heavy atom. The normalized spacial score (nSPS) is 17.0. The third kappa shape index (κ3) is 5.37. The minimum atomic E-state index is -1.17. The molecule has 0 saturated carbocycles. The van der Waals surface area contributed by atoms with Crippen molar-refractivity contribution in [3.8, 4) is 11.5 Å². The number of carboxylic acids is 1. The first-order valence-corrected chi connectivity index (χ1v) is 8.92. The molecule has 2 rings (SSSR count). The van der Waals surface area contributed by atoms with Crippen LogP contribution < -0.4 is 14.6 Å². The van der Waals surface area contributed by atoms with Gasteiger partial charge in [-0.1, -0.05) is 25.8 Å². The van der Waals surface area contributed by atoms with Gasteiger partial charge in [-0.2, -0.15) is 0 Å². The summed E-state index contributed by atoms with van der Waals surface area (Å²) in [5, 5.41) is 10.9. The number of carboxylic acid groups (broad SMARTS) is 1. The predicted molar refractivity (Wildman–Crippen MR) is 91.2 cm³/mol. The van der Waals surface area contributed by atoms with Crippen molar-refractivity contribution in [3.05, 3.63) is 23.8 Å². The Morgan fingerprint density at radius 1 is 1.24 bits per heavy atom. The molecule has 6 heteroatoms. The van der Waals surface area contributed by atoms with E-state index in [4.69, 9.17) is 9.47 Å². The fourth-order valence-corrected chi connectivity index (χ4v) is 2.88. The lowest BCUT2D eigenvalue weighted by atomic mass is 10.1.